The van der Waals surface area contributed by atoms with Crippen molar-refractivity contribution in [2.75, 3.05) is 20.3 Å². The summed E-state index contributed by atoms with van der Waals surface area (Å²) >= 11 is 0. The Morgan fingerprint density at radius 2 is 1.81 bits per heavy atom. The van der Waals surface area contributed by atoms with E-state index in [1.165, 1.54) is 12.8 Å². The van der Waals surface area contributed by atoms with Crippen molar-refractivity contribution in [1.29, 1.82) is 0 Å². The monoisotopic (exact) mass is 221 g/mol. The molecule has 16 heavy (non-hydrogen) atoms. The lowest BCUT2D eigenvalue weighted by Gasteiger charge is -2.12. The van der Waals surface area contributed by atoms with E-state index in [2.05, 4.69) is 0 Å². The van der Waals surface area contributed by atoms with Crippen LogP contribution in [0.4, 0.5) is 0 Å². The summed E-state index contributed by atoms with van der Waals surface area (Å²) in [6.07, 6.45) is 3.58. The molecule has 0 aromatic heterocycles. The molecule has 0 atom stereocenters. The van der Waals surface area contributed by atoms with Gasteiger partial charge in [0, 0.05) is 0 Å². The van der Waals surface area contributed by atoms with Crippen LogP contribution in [0.2, 0.25) is 0 Å². The fourth-order valence-corrected chi connectivity index (χ4v) is 1.79. The maximum Gasteiger partial charge on any atom is 0.119 e. The summed E-state index contributed by atoms with van der Waals surface area (Å²) in [5, 5.41) is 0. The number of benzene rings is 1. The van der Waals surface area contributed by atoms with Gasteiger partial charge in [0.2, 0.25) is 0 Å². The summed E-state index contributed by atoms with van der Waals surface area (Å²) in [6.45, 7) is 1.54. The van der Waals surface area contributed by atoms with Crippen molar-refractivity contribution in [3.63, 3.8) is 0 Å². The Hall–Kier alpha value is -1.22. The molecule has 1 fully saturated rings. The lowest BCUT2D eigenvalue weighted by molar-refractivity contribution is 0.271. The van der Waals surface area contributed by atoms with Gasteiger partial charge < -0.3 is 15.2 Å². The highest BCUT2D eigenvalue weighted by Gasteiger charge is 2.40. The van der Waals surface area contributed by atoms with Gasteiger partial charge in [0.05, 0.1) is 13.7 Å². The van der Waals surface area contributed by atoms with Crippen LogP contribution < -0.4 is 15.2 Å². The van der Waals surface area contributed by atoms with Crippen LogP contribution in [0.15, 0.2) is 24.3 Å². The summed E-state index contributed by atoms with van der Waals surface area (Å²) in [5.74, 6) is 1.75. The molecule has 2 N–H and O–H groups in total. The molecule has 1 aliphatic carbocycles. The zero-order valence-corrected chi connectivity index (χ0v) is 9.74. The van der Waals surface area contributed by atoms with Crippen LogP contribution in [-0.4, -0.2) is 20.3 Å². The van der Waals surface area contributed by atoms with E-state index in [0.29, 0.717) is 5.41 Å². The standard InChI is InChI=1S/C13H19NO2/c1-15-11-2-4-12(5-3-11)16-9-8-13(10-14)6-7-13/h2-5H,6-10,14H2,1H3. The quantitative estimate of drug-likeness (QED) is 0.801. The summed E-state index contributed by atoms with van der Waals surface area (Å²) in [5.41, 5.74) is 6.11. The van der Waals surface area contributed by atoms with Crippen molar-refractivity contribution in [2.24, 2.45) is 11.1 Å². The maximum absolute atomic E-state index is 5.71. The molecular weight excluding hydrogens is 202 g/mol. The minimum absolute atomic E-state index is 0.395. The minimum atomic E-state index is 0.395. The number of hydrogen-bond acceptors (Lipinski definition) is 3. The molecule has 0 bridgehead atoms. The van der Waals surface area contributed by atoms with E-state index in [4.69, 9.17) is 15.2 Å². The highest BCUT2D eigenvalue weighted by Crippen LogP contribution is 2.47. The normalized spacial score (nSPS) is 16.9. The van der Waals surface area contributed by atoms with E-state index >= 15 is 0 Å². The Balaban J connectivity index is 1.76. The second-order valence-corrected chi connectivity index (χ2v) is 4.48. The topological polar surface area (TPSA) is 44.5 Å². The highest BCUT2D eigenvalue weighted by atomic mass is 16.5. The third-order valence-corrected chi connectivity index (χ3v) is 3.35. The predicted molar refractivity (Wildman–Crippen MR) is 63.8 cm³/mol. The van der Waals surface area contributed by atoms with Gasteiger partial charge in [-0.2, -0.15) is 0 Å². The average molecular weight is 221 g/mol. The predicted octanol–water partition coefficient (Wildman–Crippen LogP) is 2.20. The molecule has 1 saturated carbocycles. The molecule has 88 valence electrons. The minimum Gasteiger partial charge on any atom is -0.497 e. The molecule has 1 aromatic carbocycles. The number of methoxy groups -OCH3 is 1. The van der Waals surface area contributed by atoms with Crippen LogP contribution in [0.25, 0.3) is 0 Å². The van der Waals surface area contributed by atoms with Gasteiger partial charge in [0.25, 0.3) is 0 Å². The van der Waals surface area contributed by atoms with Crippen LogP contribution in [-0.2, 0) is 0 Å². The summed E-state index contributed by atoms with van der Waals surface area (Å²) in [6, 6.07) is 7.68. The lowest BCUT2D eigenvalue weighted by Crippen LogP contribution is -2.18. The first-order valence-corrected chi connectivity index (χ1v) is 5.75. The lowest BCUT2D eigenvalue weighted by atomic mass is 10.0. The Labute approximate surface area is 96.5 Å². The van der Waals surface area contributed by atoms with Gasteiger partial charge in [-0.25, -0.2) is 0 Å². The van der Waals surface area contributed by atoms with Gasteiger partial charge >= 0.3 is 0 Å². The van der Waals surface area contributed by atoms with Crippen LogP contribution in [0.5, 0.6) is 11.5 Å². The van der Waals surface area contributed by atoms with Crippen molar-refractivity contribution in [3.05, 3.63) is 24.3 Å². The molecule has 0 unspecified atom stereocenters. The second kappa shape index (κ2) is 4.74. The van der Waals surface area contributed by atoms with Gasteiger partial charge in [-0.15, -0.1) is 0 Å². The van der Waals surface area contributed by atoms with E-state index in [0.717, 1.165) is 31.1 Å². The summed E-state index contributed by atoms with van der Waals surface area (Å²) in [4.78, 5) is 0. The Morgan fingerprint density at radius 3 is 2.31 bits per heavy atom. The van der Waals surface area contributed by atoms with Gasteiger partial charge in [-0.05, 0) is 55.5 Å². The van der Waals surface area contributed by atoms with Gasteiger partial charge in [-0.3, -0.25) is 0 Å². The van der Waals surface area contributed by atoms with Gasteiger partial charge in [-0.1, -0.05) is 0 Å². The van der Waals surface area contributed by atoms with Crippen molar-refractivity contribution in [1.82, 2.24) is 0 Å². The fraction of sp³-hybridized carbons (Fsp3) is 0.538. The first-order valence-electron chi connectivity index (χ1n) is 5.75. The van der Waals surface area contributed by atoms with E-state index in [1.807, 2.05) is 24.3 Å². The Morgan fingerprint density at radius 1 is 1.19 bits per heavy atom. The summed E-state index contributed by atoms with van der Waals surface area (Å²) < 4.78 is 10.8. The van der Waals surface area contributed by atoms with Gasteiger partial charge in [0.1, 0.15) is 11.5 Å². The molecule has 0 amide bonds. The molecule has 1 aliphatic rings. The van der Waals surface area contributed by atoms with Crippen LogP contribution >= 0.6 is 0 Å². The molecule has 0 spiro atoms. The summed E-state index contributed by atoms with van der Waals surface area (Å²) in [7, 11) is 1.66. The SMILES string of the molecule is COc1ccc(OCCC2(CN)CC2)cc1. The highest BCUT2D eigenvalue weighted by molar-refractivity contribution is 5.31. The van der Waals surface area contributed by atoms with Crippen molar-refractivity contribution in [3.8, 4) is 11.5 Å². The molecule has 0 heterocycles. The second-order valence-electron chi connectivity index (χ2n) is 4.48. The molecular formula is C13H19NO2. The van der Waals surface area contributed by atoms with Crippen LogP contribution in [0.1, 0.15) is 19.3 Å². The molecule has 0 aliphatic heterocycles. The van der Waals surface area contributed by atoms with E-state index in [9.17, 15) is 0 Å². The molecule has 0 radical (unpaired) electrons. The Bertz CT molecular complexity index is 330. The number of hydrogen-bond donors (Lipinski definition) is 1. The largest absolute Gasteiger partial charge is 0.497 e. The van der Waals surface area contributed by atoms with Crippen LogP contribution in [0, 0.1) is 5.41 Å². The third-order valence-electron chi connectivity index (χ3n) is 3.35. The maximum atomic E-state index is 5.71. The molecule has 2 rings (SSSR count). The zero-order chi connectivity index (χ0) is 11.4. The molecule has 1 aromatic rings. The van der Waals surface area contributed by atoms with Crippen molar-refractivity contribution < 1.29 is 9.47 Å². The van der Waals surface area contributed by atoms with Crippen molar-refractivity contribution >= 4 is 0 Å². The van der Waals surface area contributed by atoms with E-state index in [1.54, 1.807) is 7.11 Å². The van der Waals surface area contributed by atoms with E-state index in [-0.39, 0.29) is 0 Å². The van der Waals surface area contributed by atoms with Crippen LogP contribution in [0.3, 0.4) is 0 Å². The number of ether oxygens (including phenoxy) is 2. The smallest absolute Gasteiger partial charge is 0.119 e. The first-order chi connectivity index (χ1) is 7.78. The van der Waals surface area contributed by atoms with Gasteiger partial charge in [0.15, 0.2) is 0 Å². The fourth-order valence-electron chi connectivity index (χ4n) is 1.79. The van der Waals surface area contributed by atoms with Crippen molar-refractivity contribution in [2.45, 2.75) is 19.3 Å². The molecule has 3 nitrogen and oxygen atoms in total. The molecule has 0 saturated heterocycles. The molecule has 3 heteroatoms. The third kappa shape index (κ3) is 2.67. The Kier molecular flexibility index (Phi) is 3.34. The first kappa shape index (κ1) is 11.3. The average Bonchev–Trinajstić information content (AvgIpc) is 3.11. The van der Waals surface area contributed by atoms with E-state index < -0.39 is 0 Å². The number of rotatable bonds is 6. The number of nitrogens with two attached hydrogens (primary N) is 1. The zero-order valence-electron chi connectivity index (χ0n) is 9.74.